The van der Waals surface area contributed by atoms with Crippen LogP contribution in [0.3, 0.4) is 0 Å². The van der Waals surface area contributed by atoms with E-state index in [1.165, 1.54) is 11.1 Å². The van der Waals surface area contributed by atoms with Gasteiger partial charge in [-0.25, -0.2) is 0 Å². The van der Waals surface area contributed by atoms with Crippen LogP contribution in [0.2, 0.25) is 0 Å². The highest BCUT2D eigenvalue weighted by Gasteiger charge is 2.34. The lowest BCUT2D eigenvalue weighted by atomic mass is 9.74. The lowest BCUT2D eigenvalue weighted by Gasteiger charge is -2.39. The number of nitrogens with one attached hydrogen (secondary N) is 1. The first-order valence-corrected chi connectivity index (χ1v) is 9.85. The van der Waals surface area contributed by atoms with Crippen molar-refractivity contribution in [2.75, 3.05) is 41.0 Å². The molecule has 1 saturated heterocycles. The van der Waals surface area contributed by atoms with E-state index in [0.717, 1.165) is 50.9 Å². The fourth-order valence-corrected chi connectivity index (χ4v) is 3.83. The van der Waals surface area contributed by atoms with Crippen molar-refractivity contribution in [3.63, 3.8) is 0 Å². The zero-order valence-electron chi connectivity index (χ0n) is 17.6. The van der Waals surface area contributed by atoms with Crippen LogP contribution in [0.4, 0.5) is 0 Å². The molecule has 0 radical (unpaired) electrons. The standard InChI is InChI=1S/C23H31N3O2.HI/c1-24-22(26(2)17-19-9-11-21(27-3)12-10-19)25-18-23(13-15-28-16-14-23)20-7-5-4-6-8-20;/h4-12H,13-18H2,1-3H3,(H,24,25);1H. The number of aliphatic imine (C=N–C) groups is 1. The van der Waals surface area contributed by atoms with Gasteiger partial charge in [-0.3, -0.25) is 4.99 Å². The molecule has 29 heavy (non-hydrogen) atoms. The van der Waals surface area contributed by atoms with E-state index in [1.54, 1.807) is 7.11 Å². The fourth-order valence-electron chi connectivity index (χ4n) is 3.83. The molecule has 1 aliphatic heterocycles. The smallest absolute Gasteiger partial charge is 0.193 e. The lowest BCUT2D eigenvalue weighted by Crippen LogP contribution is -2.48. The van der Waals surface area contributed by atoms with Crippen molar-refractivity contribution in [3.8, 4) is 5.75 Å². The number of ether oxygens (including phenoxy) is 2. The van der Waals surface area contributed by atoms with Gasteiger partial charge in [0, 0.05) is 45.8 Å². The largest absolute Gasteiger partial charge is 0.497 e. The van der Waals surface area contributed by atoms with Crippen LogP contribution in [0, 0.1) is 0 Å². The summed E-state index contributed by atoms with van der Waals surface area (Å²) >= 11 is 0. The average Bonchev–Trinajstić information content (AvgIpc) is 2.76. The van der Waals surface area contributed by atoms with E-state index >= 15 is 0 Å². The Morgan fingerprint density at radius 2 is 1.76 bits per heavy atom. The van der Waals surface area contributed by atoms with E-state index in [1.807, 2.05) is 19.2 Å². The normalized spacial score (nSPS) is 15.9. The van der Waals surface area contributed by atoms with E-state index in [-0.39, 0.29) is 29.4 Å². The van der Waals surface area contributed by atoms with Crippen LogP contribution in [0.15, 0.2) is 59.6 Å². The Labute approximate surface area is 191 Å². The van der Waals surface area contributed by atoms with Crippen molar-refractivity contribution in [1.29, 1.82) is 0 Å². The molecule has 6 heteroatoms. The molecule has 1 heterocycles. The molecule has 2 aromatic carbocycles. The molecule has 0 spiro atoms. The molecule has 0 bridgehead atoms. The predicted octanol–water partition coefficient (Wildman–Crippen LogP) is 4.07. The third-order valence-electron chi connectivity index (χ3n) is 5.57. The number of nitrogens with zero attached hydrogens (tertiary/aromatic N) is 2. The molecule has 5 nitrogen and oxygen atoms in total. The number of hydrogen-bond acceptors (Lipinski definition) is 3. The molecule has 158 valence electrons. The number of guanidine groups is 1. The highest BCUT2D eigenvalue weighted by Crippen LogP contribution is 2.34. The molecule has 1 aliphatic rings. The van der Waals surface area contributed by atoms with Gasteiger partial charge >= 0.3 is 0 Å². The summed E-state index contributed by atoms with van der Waals surface area (Å²) < 4.78 is 10.9. The van der Waals surface area contributed by atoms with E-state index in [9.17, 15) is 0 Å². The number of rotatable bonds is 6. The Morgan fingerprint density at radius 1 is 1.10 bits per heavy atom. The molecule has 0 aromatic heterocycles. The summed E-state index contributed by atoms with van der Waals surface area (Å²) in [5, 5.41) is 3.62. The average molecular weight is 509 g/mol. The Balaban J connectivity index is 0.00000300. The maximum absolute atomic E-state index is 5.65. The van der Waals surface area contributed by atoms with Crippen LogP contribution in [-0.4, -0.2) is 51.8 Å². The van der Waals surface area contributed by atoms with Crippen LogP contribution in [0.25, 0.3) is 0 Å². The van der Waals surface area contributed by atoms with Crippen molar-refractivity contribution in [3.05, 3.63) is 65.7 Å². The molecule has 3 rings (SSSR count). The van der Waals surface area contributed by atoms with Crippen molar-refractivity contribution >= 4 is 29.9 Å². The molecule has 0 atom stereocenters. The highest BCUT2D eigenvalue weighted by molar-refractivity contribution is 14.0. The minimum Gasteiger partial charge on any atom is -0.497 e. The maximum Gasteiger partial charge on any atom is 0.193 e. The fraction of sp³-hybridized carbons (Fsp3) is 0.435. The third kappa shape index (κ3) is 6.09. The van der Waals surface area contributed by atoms with Crippen LogP contribution in [0.1, 0.15) is 24.0 Å². The zero-order chi connectivity index (χ0) is 19.8. The number of benzene rings is 2. The molecular formula is C23H32IN3O2. The molecule has 0 amide bonds. The first-order chi connectivity index (χ1) is 13.7. The van der Waals surface area contributed by atoms with Gasteiger partial charge in [0.05, 0.1) is 7.11 Å². The van der Waals surface area contributed by atoms with Crippen LogP contribution >= 0.6 is 24.0 Å². The van der Waals surface area contributed by atoms with Crippen molar-refractivity contribution in [2.24, 2.45) is 4.99 Å². The van der Waals surface area contributed by atoms with Gasteiger partial charge < -0.3 is 19.7 Å². The van der Waals surface area contributed by atoms with Gasteiger partial charge in [-0.1, -0.05) is 42.5 Å². The summed E-state index contributed by atoms with van der Waals surface area (Å²) in [5.74, 6) is 1.77. The van der Waals surface area contributed by atoms with Gasteiger partial charge in [0.15, 0.2) is 5.96 Å². The van der Waals surface area contributed by atoms with Crippen LogP contribution in [0.5, 0.6) is 5.75 Å². The summed E-state index contributed by atoms with van der Waals surface area (Å²) in [5.41, 5.74) is 2.67. The van der Waals surface area contributed by atoms with Crippen LogP contribution < -0.4 is 10.1 Å². The predicted molar refractivity (Wildman–Crippen MR) is 129 cm³/mol. The molecule has 1 N–H and O–H groups in total. The van der Waals surface area contributed by atoms with E-state index in [0.29, 0.717) is 0 Å². The SMILES string of the molecule is CN=C(NCC1(c2ccccc2)CCOCC1)N(C)Cc1ccc(OC)cc1.I. The topological polar surface area (TPSA) is 46.1 Å². The first-order valence-electron chi connectivity index (χ1n) is 9.85. The minimum absolute atomic E-state index is 0. The van der Waals surface area contributed by atoms with Crippen molar-refractivity contribution < 1.29 is 9.47 Å². The summed E-state index contributed by atoms with van der Waals surface area (Å²) in [4.78, 5) is 6.66. The molecule has 0 saturated carbocycles. The summed E-state index contributed by atoms with van der Waals surface area (Å²) in [6.45, 7) is 3.23. The summed E-state index contributed by atoms with van der Waals surface area (Å²) in [6.07, 6.45) is 2.03. The Kier molecular flexibility index (Phi) is 9.23. The van der Waals surface area contributed by atoms with E-state index in [2.05, 4.69) is 64.7 Å². The molecule has 0 aliphatic carbocycles. The Bertz CT molecular complexity index is 759. The number of halogens is 1. The van der Waals surface area contributed by atoms with Gasteiger partial charge in [-0.05, 0) is 36.1 Å². The first kappa shape index (κ1) is 23.5. The van der Waals surface area contributed by atoms with E-state index in [4.69, 9.17) is 9.47 Å². The van der Waals surface area contributed by atoms with Crippen molar-refractivity contribution in [1.82, 2.24) is 10.2 Å². The molecular weight excluding hydrogens is 477 g/mol. The monoisotopic (exact) mass is 509 g/mol. The van der Waals surface area contributed by atoms with Crippen LogP contribution in [-0.2, 0) is 16.7 Å². The van der Waals surface area contributed by atoms with Gasteiger partial charge in [-0.15, -0.1) is 24.0 Å². The van der Waals surface area contributed by atoms with Gasteiger partial charge in [0.25, 0.3) is 0 Å². The molecule has 2 aromatic rings. The minimum atomic E-state index is 0. The lowest BCUT2D eigenvalue weighted by molar-refractivity contribution is 0.0512. The zero-order valence-corrected chi connectivity index (χ0v) is 19.9. The second-order valence-electron chi connectivity index (χ2n) is 7.36. The quantitative estimate of drug-likeness (QED) is 0.363. The van der Waals surface area contributed by atoms with Crippen molar-refractivity contribution in [2.45, 2.75) is 24.8 Å². The van der Waals surface area contributed by atoms with E-state index < -0.39 is 0 Å². The highest BCUT2D eigenvalue weighted by atomic mass is 127. The second-order valence-corrected chi connectivity index (χ2v) is 7.36. The molecule has 0 unspecified atom stereocenters. The Morgan fingerprint density at radius 3 is 2.34 bits per heavy atom. The summed E-state index contributed by atoms with van der Waals surface area (Å²) in [7, 11) is 5.59. The number of methoxy groups -OCH3 is 1. The van der Waals surface area contributed by atoms with Gasteiger partial charge in [0.1, 0.15) is 5.75 Å². The number of hydrogen-bond donors (Lipinski definition) is 1. The second kappa shape index (κ2) is 11.4. The molecule has 1 fully saturated rings. The van der Waals surface area contributed by atoms with Gasteiger partial charge in [-0.2, -0.15) is 0 Å². The third-order valence-corrected chi connectivity index (χ3v) is 5.57. The Hall–Kier alpha value is -1.80. The maximum atomic E-state index is 5.65. The van der Waals surface area contributed by atoms with Gasteiger partial charge in [0.2, 0.25) is 0 Å². The summed E-state index contributed by atoms with van der Waals surface area (Å²) in [6, 6.07) is 18.9.